The highest BCUT2D eigenvalue weighted by Crippen LogP contribution is 2.27. The van der Waals surface area contributed by atoms with Gasteiger partial charge in [0.1, 0.15) is 0 Å². The van der Waals surface area contributed by atoms with Crippen LogP contribution in [0.5, 0.6) is 0 Å². The molecule has 2 aromatic rings. The zero-order valence-electron chi connectivity index (χ0n) is 5.44. The Morgan fingerprint density at radius 2 is 2.10 bits per heavy atom. The predicted molar refractivity (Wildman–Crippen MR) is 42.3 cm³/mol. The van der Waals surface area contributed by atoms with Crippen molar-refractivity contribution in [2.45, 2.75) is 6.92 Å². The summed E-state index contributed by atoms with van der Waals surface area (Å²) in [5.74, 6) is 0. The van der Waals surface area contributed by atoms with Gasteiger partial charge < -0.3 is 0 Å². The highest BCUT2D eigenvalue weighted by atomic mass is 35.5. The van der Waals surface area contributed by atoms with Crippen LogP contribution >= 0.6 is 11.6 Å². The summed E-state index contributed by atoms with van der Waals surface area (Å²) in [5, 5.41) is 2.14. The molecule has 0 N–H and O–H groups in total. The normalized spacial score (nSPS) is 11.4. The van der Waals surface area contributed by atoms with Crippen molar-refractivity contribution < 1.29 is 0 Å². The first kappa shape index (κ1) is 5.93. The summed E-state index contributed by atoms with van der Waals surface area (Å²) in [6.45, 7) is 1.90. The number of benzene rings is 1. The molecule has 0 spiro atoms. The van der Waals surface area contributed by atoms with E-state index in [9.17, 15) is 4.79 Å². The molecule has 0 radical (unpaired) electrons. The molecule has 0 saturated heterocycles. The van der Waals surface area contributed by atoms with Crippen molar-refractivity contribution in [2.24, 2.45) is 0 Å². The van der Waals surface area contributed by atoms with Crippen molar-refractivity contribution in [1.82, 2.24) is 0 Å². The SMILES string of the molecule is Cc1ccc2c(=O)c2c1Cl. The second-order valence-electron chi connectivity index (χ2n) is 2.45. The van der Waals surface area contributed by atoms with Gasteiger partial charge in [-0.1, -0.05) is 17.7 Å². The quantitative estimate of drug-likeness (QED) is 0.565. The number of hydrogen-bond donors (Lipinski definition) is 0. The zero-order valence-corrected chi connectivity index (χ0v) is 6.20. The second-order valence-corrected chi connectivity index (χ2v) is 2.83. The van der Waals surface area contributed by atoms with E-state index in [1.165, 1.54) is 0 Å². The van der Waals surface area contributed by atoms with Gasteiger partial charge in [-0.2, -0.15) is 0 Å². The first-order valence-electron chi connectivity index (χ1n) is 3.05. The summed E-state index contributed by atoms with van der Waals surface area (Å²) in [5.41, 5.74) is 1.09. The van der Waals surface area contributed by atoms with Crippen LogP contribution in [0, 0.1) is 6.92 Å². The Kier molecular flexibility index (Phi) is 0.955. The van der Waals surface area contributed by atoms with E-state index in [0.717, 1.165) is 16.3 Å². The Morgan fingerprint density at radius 1 is 1.40 bits per heavy atom. The molecule has 2 aromatic carbocycles. The summed E-state index contributed by atoms with van der Waals surface area (Å²) in [7, 11) is 0. The van der Waals surface area contributed by atoms with Crippen molar-refractivity contribution in [3.05, 3.63) is 32.9 Å². The van der Waals surface area contributed by atoms with Crippen LogP contribution in [0.2, 0.25) is 5.02 Å². The Bertz CT molecular complexity index is 407. The lowest BCUT2D eigenvalue weighted by atomic mass is 10.2. The number of rotatable bonds is 0. The lowest BCUT2D eigenvalue weighted by Crippen LogP contribution is -1.70. The third-order valence-electron chi connectivity index (χ3n) is 1.74. The monoisotopic (exact) mass is 152 g/mol. The summed E-state index contributed by atoms with van der Waals surface area (Å²) in [6, 6.07) is 3.69. The maximum Gasteiger partial charge on any atom is 0.196 e. The van der Waals surface area contributed by atoms with Gasteiger partial charge in [-0.15, -0.1) is 0 Å². The largest absolute Gasteiger partial charge is 0.289 e. The topological polar surface area (TPSA) is 17.1 Å². The maximum atomic E-state index is 10.8. The fraction of sp³-hybridized carbons (Fsp3) is 0.125. The van der Waals surface area contributed by atoms with Gasteiger partial charge in [-0.05, 0) is 18.6 Å². The first-order chi connectivity index (χ1) is 4.72. The second kappa shape index (κ2) is 1.61. The minimum absolute atomic E-state index is 0.109. The molecule has 50 valence electrons. The molecule has 0 fully saturated rings. The predicted octanol–water partition coefficient (Wildman–Crippen LogP) is 2.04. The Balaban J connectivity index is 2.93. The Labute approximate surface area is 62.9 Å². The molecule has 0 unspecified atom stereocenters. The van der Waals surface area contributed by atoms with Crippen LogP contribution in [-0.2, 0) is 0 Å². The molecule has 0 saturated carbocycles. The van der Waals surface area contributed by atoms with Crippen LogP contribution in [0.3, 0.4) is 0 Å². The van der Waals surface area contributed by atoms with Gasteiger partial charge in [-0.3, -0.25) is 4.79 Å². The number of fused-ring (bicyclic) bond motifs is 1. The van der Waals surface area contributed by atoms with E-state index in [0.29, 0.717) is 5.02 Å². The number of hydrogen-bond acceptors (Lipinski definition) is 1. The van der Waals surface area contributed by atoms with E-state index in [4.69, 9.17) is 11.6 Å². The Hall–Kier alpha value is -0.820. The number of aryl methyl sites for hydroxylation is 1. The minimum Gasteiger partial charge on any atom is -0.289 e. The molecular formula is C8H5ClO. The molecule has 2 heteroatoms. The lowest BCUT2D eigenvalue weighted by Gasteiger charge is -1.89. The third-order valence-corrected chi connectivity index (χ3v) is 2.23. The molecule has 0 heterocycles. The average Bonchev–Trinajstić information content (AvgIpc) is 2.54. The van der Waals surface area contributed by atoms with Crippen molar-refractivity contribution in [3.63, 3.8) is 0 Å². The van der Waals surface area contributed by atoms with Gasteiger partial charge in [0.25, 0.3) is 0 Å². The van der Waals surface area contributed by atoms with E-state index in [1.54, 1.807) is 0 Å². The fourth-order valence-electron chi connectivity index (χ4n) is 1.04. The Morgan fingerprint density at radius 3 is 2.70 bits per heavy atom. The summed E-state index contributed by atoms with van der Waals surface area (Å²) in [6.07, 6.45) is 0. The molecule has 0 aliphatic heterocycles. The molecule has 0 aromatic heterocycles. The van der Waals surface area contributed by atoms with Crippen LogP contribution in [-0.4, -0.2) is 0 Å². The van der Waals surface area contributed by atoms with Crippen LogP contribution in [0.4, 0.5) is 0 Å². The molecule has 0 bridgehead atoms. The minimum atomic E-state index is 0.109. The molecule has 0 amide bonds. The molecule has 0 atom stereocenters. The van der Waals surface area contributed by atoms with Crippen molar-refractivity contribution >= 4 is 22.4 Å². The fourth-order valence-corrected chi connectivity index (χ4v) is 1.29. The standard InChI is InChI=1S/C8H5ClO/c1-4-2-3-5-6(7(4)9)8(5)10/h2-3H,1H3. The zero-order chi connectivity index (χ0) is 7.30. The smallest absolute Gasteiger partial charge is 0.196 e. The van der Waals surface area contributed by atoms with E-state index >= 15 is 0 Å². The summed E-state index contributed by atoms with van der Waals surface area (Å²) in [4.78, 5) is 10.8. The number of halogens is 1. The molecular weight excluding hydrogens is 148 g/mol. The van der Waals surface area contributed by atoms with Crippen molar-refractivity contribution in [1.29, 1.82) is 0 Å². The van der Waals surface area contributed by atoms with Crippen LogP contribution in [0.15, 0.2) is 16.9 Å². The van der Waals surface area contributed by atoms with E-state index in [-0.39, 0.29) is 5.43 Å². The molecule has 0 aliphatic rings. The molecule has 2 rings (SSSR count). The van der Waals surface area contributed by atoms with Crippen molar-refractivity contribution in [3.8, 4) is 0 Å². The third kappa shape index (κ3) is 0.557. The van der Waals surface area contributed by atoms with Gasteiger partial charge in [0, 0.05) is 5.39 Å². The van der Waals surface area contributed by atoms with Crippen LogP contribution in [0.1, 0.15) is 5.56 Å². The lowest BCUT2D eigenvalue weighted by molar-refractivity contribution is 1.52. The average molecular weight is 153 g/mol. The van der Waals surface area contributed by atoms with Gasteiger partial charge in [0.15, 0.2) is 5.43 Å². The van der Waals surface area contributed by atoms with E-state index in [1.807, 2.05) is 19.1 Å². The molecule has 0 aliphatic carbocycles. The highest BCUT2D eigenvalue weighted by Gasteiger charge is 2.16. The van der Waals surface area contributed by atoms with Gasteiger partial charge >= 0.3 is 0 Å². The van der Waals surface area contributed by atoms with Crippen LogP contribution in [0.25, 0.3) is 10.8 Å². The van der Waals surface area contributed by atoms with Crippen molar-refractivity contribution in [2.75, 3.05) is 0 Å². The van der Waals surface area contributed by atoms with Crippen LogP contribution < -0.4 is 5.43 Å². The van der Waals surface area contributed by atoms with E-state index in [2.05, 4.69) is 0 Å². The molecule has 1 nitrogen and oxygen atoms in total. The summed E-state index contributed by atoms with van der Waals surface area (Å²) >= 11 is 5.80. The summed E-state index contributed by atoms with van der Waals surface area (Å²) < 4.78 is 0. The van der Waals surface area contributed by atoms with E-state index < -0.39 is 0 Å². The first-order valence-corrected chi connectivity index (χ1v) is 3.43. The van der Waals surface area contributed by atoms with Gasteiger partial charge in [0.2, 0.25) is 0 Å². The molecule has 10 heavy (non-hydrogen) atoms. The maximum absolute atomic E-state index is 10.8. The van der Waals surface area contributed by atoms with Gasteiger partial charge in [0.05, 0.1) is 10.4 Å². The highest BCUT2D eigenvalue weighted by molar-refractivity contribution is 6.38. The van der Waals surface area contributed by atoms with Gasteiger partial charge in [-0.25, -0.2) is 0 Å².